The van der Waals surface area contributed by atoms with Crippen molar-refractivity contribution in [1.82, 2.24) is 5.32 Å². The fourth-order valence-corrected chi connectivity index (χ4v) is 8.36. The lowest BCUT2D eigenvalue weighted by atomic mass is 9.62. The Morgan fingerprint density at radius 3 is 1.99 bits per heavy atom. The Morgan fingerprint density at radius 1 is 0.812 bits per heavy atom. The molecule has 3 aromatic rings. The number of esters is 1. The van der Waals surface area contributed by atoms with Crippen LogP contribution in [0.1, 0.15) is 79.9 Å². The summed E-state index contributed by atoms with van der Waals surface area (Å²) in [5.74, 6) is -3.50. The molecule has 0 radical (unpaired) electrons. The fourth-order valence-electron chi connectivity index (χ4n) is 8.02. The monoisotopic (exact) mass is 1010 g/mol. The lowest BCUT2D eigenvalue weighted by Gasteiger charge is -2.37. The number of nitrogens with one attached hydrogen (secondary N) is 1. The summed E-state index contributed by atoms with van der Waals surface area (Å²) in [5.41, 5.74) is -1.36. The van der Waals surface area contributed by atoms with Crippen LogP contribution in [0.15, 0.2) is 54.6 Å². The molecule has 0 bridgehead atoms. The predicted molar refractivity (Wildman–Crippen MR) is 252 cm³/mol. The van der Waals surface area contributed by atoms with Gasteiger partial charge in [0.15, 0.2) is 0 Å². The zero-order valence-corrected chi connectivity index (χ0v) is 41.6. The summed E-state index contributed by atoms with van der Waals surface area (Å²) in [4.78, 5) is 39.6. The molecule has 0 spiro atoms. The molecule has 15 nitrogen and oxygen atoms in total. The first-order valence-corrected chi connectivity index (χ1v) is 23.5. The molecule has 5 atom stereocenters. The van der Waals surface area contributed by atoms with E-state index in [9.17, 15) is 19.6 Å². The molecule has 1 N–H and O–H groups in total. The van der Waals surface area contributed by atoms with Gasteiger partial charge in [-0.15, -0.1) is 0 Å². The van der Waals surface area contributed by atoms with Gasteiger partial charge in [-0.2, -0.15) is 5.26 Å². The number of benzene rings is 3. The van der Waals surface area contributed by atoms with E-state index in [-0.39, 0.29) is 58.8 Å². The summed E-state index contributed by atoms with van der Waals surface area (Å²) in [5, 5.41) is 14.4. The summed E-state index contributed by atoms with van der Waals surface area (Å²) in [6.07, 6.45) is -1.40. The van der Waals surface area contributed by atoms with Crippen LogP contribution >= 0.6 is 23.2 Å². The van der Waals surface area contributed by atoms with Crippen LogP contribution in [0.25, 0.3) is 0 Å². The van der Waals surface area contributed by atoms with Crippen LogP contribution in [0.2, 0.25) is 10.0 Å². The molecular weight excluding hydrogens is 945 g/mol. The number of aryl methyl sites for hydroxylation is 1. The summed E-state index contributed by atoms with van der Waals surface area (Å²) in [6, 6.07) is 13.5. The molecule has 1 heterocycles. The number of rotatable bonds is 30. The van der Waals surface area contributed by atoms with E-state index in [0.717, 1.165) is 6.07 Å². The predicted octanol–water partition coefficient (Wildman–Crippen LogP) is 8.58. The third-order valence-corrected chi connectivity index (χ3v) is 11.6. The molecule has 69 heavy (non-hydrogen) atoms. The highest BCUT2D eigenvalue weighted by molar-refractivity contribution is 6.31. The first kappa shape index (κ1) is 57.1. The smallest absolute Gasteiger partial charge is 0.496 e. The first-order chi connectivity index (χ1) is 33.1. The van der Waals surface area contributed by atoms with Crippen LogP contribution < -0.4 is 10.1 Å². The number of ketones is 1. The molecule has 1 saturated heterocycles. The number of ether oxygens (including phenoxy) is 10. The average Bonchev–Trinajstić information content (AvgIpc) is 3.62. The minimum absolute atomic E-state index is 0.00620. The molecule has 0 aromatic heterocycles. The Morgan fingerprint density at radius 2 is 1.42 bits per heavy atom. The molecule has 380 valence electrons. The van der Waals surface area contributed by atoms with E-state index in [1.165, 1.54) is 56.5 Å². The molecule has 3 aromatic carbocycles. The van der Waals surface area contributed by atoms with Gasteiger partial charge in [-0.05, 0) is 66.1 Å². The van der Waals surface area contributed by atoms with Gasteiger partial charge in [-0.3, -0.25) is 4.79 Å². The third kappa shape index (κ3) is 17.4. The topological polar surface area (TPSA) is 179 Å². The Hall–Kier alpha value is -4.48. The maximum absolute atomic E-state index is 16.1. The van der Waals surface area contributed by atoms with Gasteiger partial charge in [0.2, 0.25) is 6.29 Å². The van der Waals surface area contributed by atoms with Crippen LogP contribution in [0.3, 0.4) is 0 Å². The molecular formula is C50H64Cl2F2N2O13. The molecule has 1 aliphatic heterocycles. The number of halogens is 4. The number of hydrogen-bond donors (Lipinski definition) is 1. The average molecular weight is 1010 g/mol. The molecule has 5 unspecified atom stereocenters. The van der Waals surface area contributed by atoms with Crippen LogP contribution in [-0.2, 0) is 59.3 Å². The molecule has 0 saturated carbocycles. The first-order valence-electron chi connectivity index (χ1n) is 22.7. The highest BCUT2D eigenvalue weighted by Gasteiger charge is 2.60. The minimum atomic E-state index is -1.74. The number of carbonyl (C=O) groups is 3. The van der Waals surface area contributed by atoms with Crippen molar-refractivity contribution in [2.75, 3.05) is 93.5 Å². The van der Waals surface area contributed by atoms with Gasteiger partial charge in [-0.1, -0.05) is 68.2 Å². The molecule has 0 amide bonds. The number of nitriles is 1. The van der Waals surface area contributed by atoms with E-state index < -0.39 is 58.9 Å². The van der Waals surface area contributed by atoms with Crippen molar-refractivity contribution in [2.24, 2.45) is 5.41 Å². The number of carbonyl (C=O) groups excluding carboxylic acids is 3. The van der Waals surface area contributed by atoms with Crippen molar-refractivity contribution >= 4 is 41.1 Å². The second-order valence-electron chi connectivity index (χ2n) is 17.3. The van der Waals surface area contributed by atoms with Crippen molar-refractivity contribution in [3.8, 4) is 11.8 Å². The molecule has 0 aliphatic carbocycles. The summed E-state index contributed by atoms with van der Waals surface area (Å²) >= 11 is 12.4. The fraction of sp³-hybridized carbons (Fsp3) is 0.560. The zero-order chi connectivity index (χ0) is 50.4. The Labute approximate surface area is 413 Å². The van der Waals surface area contributed by atoms with Gasteiger partial charge >= 0.3 is 12.1 Å². The summed E-state index contributed by atoms with van der Waals surface area (Å²) in [6.45, 7) is 11.5. The van der Waals surface area contributed by atoms with Gasteiger partial charge < -0.3 is 52.7 Å². The quantitative estimate of drug-likeness (QED) is 0.0381. The lowest BCUT2D eigenvalue weighted by Crippen LogP contribution is -2.44. The van der Waals surface area contributed by atoms with Crippen LogP contribution in [0.5, 0.6) is 5.75 Å². The third-order valence-electron chi connectivity index (χ3n) is 11.1. The number of Topliss-reactive ketones (excluding diaryl/α,β-unsaturated/α-hetero) is 1. The van der Waals surface area contributed by atoms with E-state index in [1.807, 2.05) is 20.8 Å². The maximum atomic E-state index is 16.1. The number of hydrogen-bond acceptors (Lipinski definition) is 15. The van der Waals surface area contributed by atoms with Crippen molar-refractivity contribution in [1.29, 1.82) is 5.26 Å². The Kier molecular flexibility index (Phi) is 24.0. The van der Waals surface area contributed by atoms with Crippen LogP contribution in [-0.4, -0.2) is 130 Å². The molecule has 1 aliphatic rings. The molecule has 19 heteroatoms. The highest BCUT2D eigenvalue weighted by atomic mass is 35.5. The minimum Gasteiger partial charge on any atom is -0.496 e. The van der Waals surface area contributed by atoms with Crippen molar-refractivity contribution in [3.63, 3.8) is 0 Å². The SMILES string of the molecule is COCCOCCOCCOCCOCCOCCOC(=O)OC(C)OC(=O)c1ccc(CCCC(=O)C2NC(CC(C)(C)C)C(C#N)(c3ccc(Cl)cc3F)C2c2cccc(Cl)c2F)c(OC)c1. The second-order valence-corrected chi connectivity index (χ2v) is 18.1. The summed E-state index contributed by atoms with van der Waals surface area (Å²) < 4.78 is 84.8. The second kappa shape index (κ2) is 29.0. The van der Waals surface area contributed by atoms with E-state index >= 15 is 8.78 Å². The molecule has 1 fully saturated rings. The van der Waals surface area contributed by atoms with E-state index in [1.54, 1.807) is 13.2 Å². The Balaban J connectivity index is 1.25. The van der Waals surface area contributed by atoms with Crippen molar-refractivity contribution < 1.29 is 70.5 Å². The lowest BCUT2D eigenvalue weighted by molar-refractivity contribution is -0.121. The van der Waals surface area contributed by atoms with Gasteiger partial charge in [0.25, 0.3) is 0 Å². The van der Waals surface area contributed by atoms with Crippen molar-refractivity contribution in [3.05, 3.63) is 98.5 Å². The van der Waals surface area contributed by atoms with Gasteiger partial charge in [-0.25, -0.2) is 18.4 Å². The van der Waals surface area contributed by atoms with E-state index in [0.29, 0.717) is 90.0 Å². The Bertz CT molecular complexity index is 2160. The van der Waals surface area contributed by atoms with Crippen LogP contribution in [0, 0.1) is 28.4 Å². The standard InChI is InChI=1S/C50H64Cl2F2N2O13/c1-33(69-48(59)67-28-27-66-26-25-65-24-23-64-22-21-63-20-19-62-18-17-60-5)68-47(58)35-14-13-34(42(29-35)61-6)9-7-12-41(57)46-44(37-10-8-11-39(52)45(37)54)50(32-55,43(56-46)31-49(2,3)4)38-16-15-36(51)30-40(38)53/h8,10-11,13-16,29-30,33,43-44,46,56H,7,9,12,17-28,31H2,1-6H3. The zero-order valence-electron chi connectivity index (χ0n) is 40.1. The van der Waals surface area contributed by atoms with E-state index in [2.05, 4.69) is 11.4 Å². The normalized spacial score (nSPS) is 18.4. The van der Waals surface area contributed by atoms with Gasteiger partial charge in [0.1, 0.15) is 35.2 Å². The maximum Gasteiger partial charge on any atom is 0.511 e. The van der Waals surface area contributed by atoms with Gasteiger partial charge in [0, 0.05) is 43.0 Å². The van der Waals surface area contributed by atoms with E-state index in [4.69, 9.17) is 70.6 Å². The summed E-state index contributed by atoms with van der Waals surface area (Å²) in [7, 11) is 3.04. The number of nitrogens with zero attached hydrogens (tertiary/aromatic N) is 1. The number of methoxy groups -OCH3 is 2. The van der Waals surface area contributed by atoms with Crippen molar-refractivity contribution in [2.45, 2.75) is 83.1 Å². The highest BCUT2D eigenvalue weighted by Crippen LogP contribution is 2.53. The van der Waals surface area contributed by atoms with Gasteiger partial charge in [0.05, 0.1) is 102 Å². The molecule has 4 rings (SSSR count). The largest absolute Gasteiger partial charge is 0.511 e. The van der Waals surface area contributed by atoms with Crippen LogP contribution in [0.4, 0.5) is 13.6 Å².